The Bertz CT molecular complexity index is 827. The molecule has 0 aliphatic rings. The second-order valence-electron chi connectivity index (χ2n) is 5.48. The molecule has 0 fully saturated rings. The van der Waals surface area contributed by atoms with Crippen molar-refractivity contribution >= 4 is 38.1 Å². The highest BCUT2D eigenvalue weighted by Gasteiger charge is 2.12. The van der Waals surface area contributed by atoms with Crippen LogP contribution < -0.4 is 4.74 Å². The van der Waals surface area contributed by atoms with Crippen LogP contribution in [0.2, 0.25) is 0 Å². The molecule has 0 saturated heterocycles. The van der Waals surface area contributed by atoms with Crippen LogP contribution in [-0.2, 0) is 0 Å². The standard InChI is InChI=1S/C22H18BrClO/c23-15-16-25-20-13-11-18(12-14-20)21(17-7-3-1-4-8-17)22(24)19-9-5-2-6-10-19/h1-14H,15-16H2. The Hall–Kier alpha value is -2.03. The van der Waals surface area contributed by atoms with Gasteiger partial charge in [0.25, 0.3) is 0 Å². The molecule has 0 atom stereocenters. The smallest absolute Gasteiger partial charge is 0.119 e. The highest BCUT2D eigenvalue weighted by Crippen LogP contribution is 2.35. The summed E-state index contributed by atoms with van der Waals surface area (Å²) in [4.78, 5) is 0. The van der Waals surface area contributed by atoms with E-state index in [0.717, 1.165) is 38.4 Å². The van der Waals surface area contributed by atoms with Gasteiger partial charge in [-0.15, -0.1) is 0 Å². The van der Waals surface area contributed by atoms with Gasteiger partial charge < -0.3 is 4.74 Å². The number of ether oxygens (including phenoxy) is 1. The predicted molar refractivity (Wildman–Crippen MR) is 110 cm³/mol. The molecular weight excluding hydrogens is 396 g/mol. The zero-order valence-electron chi connectivity index (χ0n) is 13.7. The monoisotopic (exact) mass is 412 g/mol. The third-order valence-electron chi connectivity index (χ3n) is 3.80. The van der Waals surface area contributed by atoms with Crippen LogP contribution in [0.5, 0.6) is 5.75 Å². The van der Waals surface area contributed by atoms with Crippen LogP contribution in [0, 0.1) is 0 Å². The molecule has 3 rings (SSSR count). The Balaban J connectivity index is 2.06. The quantitative estimate of drug-likeness (QED) is 0.326. The van der Waals surface area contributed by atoms with Gasteiger partial charge >= 0.3 is 0 Å². The third-order valence-corrected chi connectivity index (χ3v) is 4.53. The Morgan fingerprint density at radius 3 is 1.80 bits per heavy atom. The molecule has 0 N–H and O–H groups in total. The largest absolute Gasteiger partial charge is 0.493 e. The zero-order chi connectivity index (χ0) is 17.5. The third kappa shape index (κ3) is 4.53. The number of rotatable bonds is 6. The van der Waals surface area contributed by atoms with Gasteiger partial charge in [0.2, 0.25) is 0 Å². The summed E-state index contributed by atoms with van der Waals surface area (Å²) in [6, 6.07) is 28.3. The normalized spacial score (nSPS) is 11.8. The maximum Gasteiger partial charge on any atom is 0.119 e. The summed E-state index contributed by atoms with van der Waals surface area (Å²) in [6.45, 7) is 0.644. The van der Waals surface area contributed by atoms with Crippen molar-refractivity contribution in [3.63, 3.8) is 0 Å². The average Bonchev–Trinajstić information content (AvgIpc) is 2.69. The van der Waals surface area contributed by atoms with E-state index in [2.05, 4.69) is 40.2 Å². The van der Waals surface area contributed by atoms with Crippen molar-refractivity contribution in [2.24, 2.45) is 0 Å². The molecular formula is C22H18BrClO. The molecule has 0 heterocycles. The van der Waals surface area contributed by atoms with Crippen LogP contribution in [0.4, 0.5) is 0 Å². The summed E-state index contributed by atoms with van der Waals surface area (Å²) >= 11 is 10.2. The van der Waals surface area contributed by atoms with Crippen LogP contribution in [0.1, 0.15) is 16.7 Å². The van der Waals surface area contributed by atoms with E-state index in [-0.39, 0.29) is 0 Å². The summed E-state index contributed by atoms with van der Waals surface area (Å²) < 4.78 is 5.64. The maximum absolute atomic E-state index is 6.81. The second kappa shape index (κ2) is 8.89. The molecule has 1 nitrogen and oxygen atoms in total. The first-order valence-corrected chi connectivity index (χ1v) is 9.59. The van der Waals surface area contributed by atoms with E-state index < -0.39 is 0 Å². The Kier molecular flexibility index (Phi) is 6.32. The Morgan fingerprint density at radius 1 is 0.720 bits per heavy atom. The van der Waals surface area contributed by atoms with Crippen LogP contribution in [0.25, 0.3) is 10.6 Å². The number of benzene rings is 3. The minimum absolute atomic E-state index is 0.644. The molecule has 25 heavy (non-hydrogen) atoms. The number of halogens is 2. The molecule has 0 saturated carbocycles. The fourth-order valence-corrected chi connectivity index (χ4v) is 3.13. The number of hydrogen-bond acceptors (Lipinski definition) is 1. The number of alkyl halides is 1. The molecule has 0 aliphatic heterocycles. The Labute approximate surface area is 162 Å². The van der Waals surface area contributed by atoms with E-state index in [4.69, 9.17) is 16.3 Å². The van der Waals surface area contributed by atoms with E-state index in [1.54, 1.807) is 0 Å². The lowest BCUT2D eigenvalue weighted by Crippen LogP contribution is -1.98. The zero-order valence-corrected chi connectivity index (χ0v) is 16.0. The average molecular weight is 414 g/mol. The van der Waals surface area contributed by atoms with Crippen molar-refractivity contribution in [1.29, 1.82) is 0 Å². The summed E-state index contributed by atoms with van der Waals surface area (Å²) in [6.07, 6.45) is 0. The summed E-state index contributed by atoms with van der Waals surface area (Å²) in [5, 5.41) is 1.55. The van der Waals surface area contributed by atoms with Gasteiger partial charge in [-0.25, -0.2) is 0 Å². The van der Waals surface area contributed by atoms with Crippen LogP contribution >= 0.6 is 27.5 Å². The Morgan fingerprint density at radius 2 is 1.24 bits per heavy atom. The molecule has 0 unspecified atom stereocenters. The van der Waals surface area contributed by atoms with Crippen LogP contribution in [-0.4, -0.2) is 11.9 Å². The van der Waals surface area contributed by atoms with Gasteiger partial charge in [0.05, 0.1) is 11.6 Å². The van der Waals surface area contributed by atoms with Crippen molar-refractivity contribution in [2.45, 2.75) is 0 Å². The molecule has 126 valence electrons. The molecule has 3 aromatic rings. The lowest BCUT2D eigenvalue weighted by atomic mass is 9.95. The minimum atomic E-state index is 0.644. The molecule has 3 heteroatoms. The fraction of sp³-hybridized carbons (Fsp3) is 0.0909. The van der Waals surface area contributed by atoms with Gasteiger partial charge in [0, 0.05) is 10.9 Å². The van der Waals surface area contributed by atoms with E-state index in [1.807, 2.05) is 60.7 Å². The molecule has 0 aromatic heterocycles. The summed E-state index contributed by atoms with van der Waals surface area (Å²) in [7, 11) is 0. The SMILES string of the molecule is ClC(=C(c1ccccc1)c1ccc(OCCBr)cc1)c1ccccc1. The predicted octanol–water partition coefficient (Wildman–Crippen LogP) is 6.62. The molecule has 0 bridgehead atoms. The molecule has 0 spiro atoms. The van der Waals surface area contributed by atoms with Crippen molar-refractivity contribution < 1.29 is 4.74 Å². The van der Waals surface area contributed by atoms with Gasteiger partial charge in [0.15, 0.2) is 0 Å². The molecule has 0 aliphatic carbocycles. The van der Waals surface area contributed by atoms with Gasteiger partial charge in [0.1, 0.15) is 5.75 Å². The maximum atomic E-state index is 6.81. The summed E-state index contributed by atoms with van der Waals surface area (Å²) in [5.41, 5.74) is 4.17. The van der Waals surface area contributed by atoms with Crippen molar-refractivity contribution in [1.82, 2.24) is 0 Å². The van der Waals surface area contributed by atoms with Gasteiger partial charge in [-0.3, -0.25) is 0 Å². The van der Waals surface area contributed by atoms with Gasteiger partial charge in [-0.2, -0.15) is 0 Å². The van der Waals surface area contributed by atoms with E-state index >= 15 is 0 Å². The summed E-state index contributed by atoms with van der Waals surface area (Å²) in [5.74, 6) is 0.853. The van der Waals surface area contributed by atoms with E-state index in [1.165, 1.54) is 0 Å². The van der Waals surface area contributed by atoms with Crippen molar-refractivity contribution in [3.05, 3.63) is 102 Å². The van der Waals surface area contributed by atoms with Gasteiger partial charge in [-0.05, 0) is 28.8 Å². The second-order valence-corrected chi connectivity index (χ2v) is 6.65. The van der Waals surface area contributed by atoms with E-state index in [0.29, 0.717) is 6.61 Å². The highest BCUT2D eigenvalue weighted by atomic mass is 79.9. The first-order valence-electron chi connectivity index (χ1n) is 8.09. The minimum Gasteiger partial charge on any atom is -0.493 e. The topological polar surface area (TPSA) is 9.23 Å². The first-order chi connectivity index (χ1) is 12.3. The lowest BCUT2D eigenvalue weighted by Gasteiger charge is -2.13. The lowest BCUT2D eigenvalue weighted by molar-refractivity contribution is 0.345. The highest BCUT2D eigenvalue weighted by molar-refractivity contribution is 9.09. The van der Waals surface area contributed by atoms with Crippen molar-refractivity contribution in [3.8, 4) is 5.75 Å². The first kappa shape index (κ1) is 17.8. The molecule has 3 aromatic carbocycles. The van der Waals surface area contributed by atoms with Crippen molar-refractivity contribution in [2.75, 3.05) is 11.9 Å². The van der Waals surface area contributed by atoms with Gasteiger partial charge in [-0.1, -0.05) is 100 Å². The van der Waals surface area contributed by atoms with E-state index in [9.17, 15) is 0 Å². The number of hydrogen-bond donors (Lipinski definition) is 0. The molecule has 0 amide bonds. The fourth-order valence-electron chi connectivity index (χ4n) is 2.63. The van der Waals surface area contributed by atoms with Crippen LogP contribution in [0.15, 0.2) is 84.9 Å². The molecule has 0 radical (unpaired) electrons. The van der Waals surface area contributed by atoms with Crippen LogP contribution in [0.3, 0.4) is 0 Å².